The summed E-state index contributed by atoms with van der Waals surface area (Å²) in [6.07, 6.45) is 2.68. The first kappa shape index (κ1) is 14.5. The SMILES string of the molecule is Cc1ccc(S(=O)(=O)NCCCc2ncn[nH]2)c(N)c1. The molecule has 0 spiro atoms. The number of anilines is 1. The molecule has 1 heterocycles. The number of hydrogen-bond acceptors (Lipinski definition) is 5. The van der Waals surface area contributed by atoms with Crippen LogP contribution in [0.3, 0.4) is 0 Å². The Bertz CT molecular complexity index is 667. The quantitative estimate of drug-likeness (QED) is 0.533. The number of nitrogens with one attached hydrogen (secondary N) is 2. The number of nitrogen functional groups attached to an aromatic ring is 1. The number of aryl methyl sites for hydroxylation is 2. The number of nitrogens with zero attached hydrogens (tertiary/aromatic N) is 2. The van der Waals surface area contributed by atoms with Crippen LogP contribution in [0.4, 0.5) is 5.69 Å². The molecule has 0 saturated carbocycles. The largest absolute Gasteiger partial charge is 0.398 e. The monoisotopic (exact) mass is 295 g/mol. The number of sulfonamides is 1. The van der Waals surface area contributed by atoms with Crippen LogP contribution in [0.25, 0.3) is 0 Å². The van der Waals surface area contributed by atoms with Crippen molar-refractivity contribution < 1.29 is 8.42 Å². The Hall–Kier alpha value is -1.93. The van der Waals surface area contributed by atoms with Gasteiger partial charge in [0.2, 0.25) is 10.0 Å². The first-order valence-corrected chi connectivity index (χ1v) is 7.67. The van der Waals surface area contributed by atoms with Gasteiger partial charge >= 0.3 is 0 Å². The molecule has 7 nitrogen and oxygen atoms in total. The molecule has 1 aromatic carbocycles. The summed E-state index contributed by atoms with van der Waals surface area (Å²) in [5.74, 6) is 0.735. The number of H-pyrrole nitrogens is 1. The molecule has 0 bridgehead atoms. The van der Waals surface area contributed by atoms with Crippen molar-refractivity contribution >= 4 is 15.7 Å². The molecule has 4 N–H and O–H groups in total. The van der Waals surface area contributed by atoms with E-state index in [9.17, 15) is 8.42 Å². The fourth-order valence-electron chi connectivity index (χ4n) is 1.80. The summed E-state index contributed by atoms with van der Waals surface area (Å²) >= 11 is 0. The second kappa shape index (κ2) is 6.02. The Balaban J connectivity index is 1.93. The minimum Gasteiger partial charge on any atom is -0.398 e. The first-order chi connectivity index (χ1) is 9.49. The number of aromatic nitrogens is 3. The van der Waals surface area contributed by atoms with E-state index in [2.05, 4.69) is 19.9 Å². The molecule has 0 fully saturated rings. The molecular formula is C12H17N5O2S. The van der Waals surface area contributed by atoms with Crippen LogP contribution in [0.2, 0.25) is 0 Å². The Morgan fingerprint density at radius 2 is 2.20 bits per heavy atom. The highest BCUT2D eigenvalue weighted by Gasteiger charge is 2.16. The van der Waals surface area contributed by atoms with Crippen molar-refractivity contribution in [3.05, 3.63) is 35.9 Å². The Morgan fingerprint density at radius 3 is 2.85 bits per heavy atom. The van der Waals surface area contributed by atoms with Crippen molar-refractivity contribution in [2.45, 2.75) is 24.7 Å². The highest BCUT2D eigenvalue weighted by Crippen LogP contribution is 2.19. The van der Waals surface area contributed by atoms with Gasteiger partial charge in [0.15, 0.2) is 0 Å². The van der Waals surface area contributed by atoms with Crippen molar-refractivity contribution in [1.29, 1.82) is 0 Å². The molecule has 0 aliphatic rings. The second-order valence-electron chi connectivity index (χ2n) is 4.47. The molecular weight excluding hydrogens is 278 g/mol. The highest BCUT2D eigenvalue weighted by molar-refractivity contribution is 7.89. The van der Waals surface area contributed by atoms with Gasteiger partial charge in [0.25, 0.3) is 0 Å². The Labute approximate surface area is 117 Å². The van der Waals surface area contributed by atoms with Crippen LogP contribution in [0.1, 0.15) is 17.8 Å². The van der Waals surface area contributed by atoms with Gasteiger partial charge in [-0.2, -0.15) is 5.10 Å². The predicted octanol–water partition coefficient (Wildman–Crippen LogP) is 0.606. The lowest BCUT2D eigenvalue weighted by Crippen LogP contribution is -2.26. The van der Waals surface area contributed by atoms with E-state index >= 15 is 0 Å². The smallest absolute Gasteiger partial charge is 0.242 e. The summed E-state index contributed by atoms with van der Waals surface area (Å²) in [7, 11) is -3.57. The summed E-state index contributed by atoms with van der Waals surface area (Å²) in [6, 6.07) is 4.88. The fraction of sp³-hybridized carbons (Fsp3) is 0.333. The zero-order valence-electron chi connectivity index (χ0n) is 11.1. The van der Waals surface area contributed by atoms with E-state index in [4.69, 9.17) is 5.73 Å². The lowest BCUT2D eigenvalue weighted by Gasteiger charge is -2.09. The number of nitrogens with two attached hydrogens (primary N) is 1. The van der Waals surface area contributed by atoms with Crippen molar-refractivity contribution in [2.24, 2.45) is 0 Å². The number of aromatic amines is 1. The molecule has 0 radical (unpaired) electrons. The van der Waals surface area contributed by atoms with E-state index in [1.807, 2.05) is 6.92 Å². The highest BCUT2D eigenvalue weighted by atomic mass is 32.2. The molecule has 8 heteroatoms. The van der Waals surface area contributed by atoms with Crippen molar-refractivity contribution in [2.75, 3.05) is 12.3 Å². The van der Waals surface area contributed by atoms with Crippen molar-refractivity contribution in [1.82, 2.24) is 19.9 Å². The molecule has 20 heavy (non-hydrogen) atoms. The van der Waals surface area contributed by atoms with Gasteiger partial charge in [0.05, 0.1) is 5.69 Å². The number of benzene rings is 1. The van der Waals surface area contributed by atoms with Crippen LogP contribution >= 0.6 is 0 Å². The van der Waals surface area contributed by atoms with Crippen LogP contribution < -0.4 is 10.5 Å². The third kappa shape index (κ3) is 3.55. The Morgan fingerprint density at radius 1 is 1.40 bits per heavy atom. The predicted molar refractivity (Wildman–Crippen MR) is 75.5 cm³/mol. The second-order valence-corrected chi connectivity index (χ2v) is 6.21. The fourth-order valence-corrected chi connectivity index (χ4v) is 2.99. The molecule has 0 saturated heterocycles. The molecule has 108 valence electrons. The maximum atomic E-state index is 12.1. The maximum absolute atomic E-state index is 12.1. The minimum absolute atomic E-state index is 0.114. The Kier molecular flexibility index (Phi) is 4.35. The van der Waals surface area contributed by atoms with Crippen LogP contribution in [0.15, 0.2) is 29.4 Å². The lowest BCUT2D eigenvalue weighted by molar-refractivity contribution is 0.578. The molecule has 2 aromatic rings. The molecule has 0 aliphatic carbocycles. The first-order valence-electron chi connectivity index (χ1n) is 6.19. The average molecular weight is 295 g/mol. The standard InChI is InChI=1S/C12H17N5O2S/c1-9-4-5-11(10(13)7-9)20(18,19)16-6-2-3-12-14-8-15-17-12/h4-5,7-8,16H,2-3,6,13H2,1H3,(H,14,15,17). The zero-order valence-corrected chi connectivity index (χ0v) is 11.9. The van der Waals surface area contributed by atoms with Crippen LogP contribution in [0, 0.1) is 6.92 Å². The maximum Gasteiger partial charge on any atom is 0.242 e. The van der Waals surface area contributed by atoms with Crippen molar-refractivity contribution in [3.63, 3.8) is 0 Å². The summed E-state index contributed by atoms with van der Waals surface area (Å²) < 4.78 is 26.7. The number of hydrogen-bond donors (Lipinski definition) is 3. The van der Waals surface area contributed by atoms with Crippen LogP contribution in [-0.2, 0) is 16.4 Å². The summed E-state index contributed by atoms with van der Waals surface area (Å²) in [4.78, 5) is 4.08. The van der Waals surface area contributed by atoms with Gasteiger partial charge in [0.1, 0.15) is 17.0 Å². The molecule has 1 aromatic heterocycles. The van der Waals surface area contributed by atoms with Crippen LogP contribution in [0.5, 0.6) is 0 Å². The molecule has 0 amide bonds. The van der Waals surface area contributed by atoms with Gasteiger partial charge in [-0.15, -0.1) is 0 Å². The summed E-state index contributed by atoms with van der Waals surface area (Å²) in [5.41, 5.74) is 6.93. The molecule has 0 unspecified atom stereocenters. The normalized spacial score (nSPS) is 11.7. The van der Waals surface area contributed by atoms with E-state index < -0.39 is 10.0 Å². The topological polar surface area (TPSA) is 114 Å². The van der Waals surface area contributed by atoms with E-state index in [1.165, 1.54) is 12.4 Å². The third-order valence-electron chi connectivity index (χ3n) is 2.80. The van der Waals surface area contributed by atoms with E-state index in [-0.39, 0.29) is 10.6 Å². The summed E-state index contributed by atoms with van der Waals surface area (Å²) in [6.45, 7) is 2.17. The zero-order chi connectivity index (χ0) is 14.6. The molecule has 0 atom stereocenters. The van der Waals surface area contributed by atoms with Gasteiger partial charge in [-0.25, -0.2) is 18.1 Å². The van der Waals surface area contributed by atoms with E-state index in [1.54, 1.807) is 12.1 Å². The lowest BCUT2D eigenvalue weighted by atomic mass is 10.2. The summed E-state index contributed by atoms with van der Waals surface area (Å²) in [5, 5.41) is 6.45. The van der Waals surface area contributed by atoms with Gasteiger partial charge in [-0.1, -0.05) is 6.07 Å². The van der Waals surface area contributed by atoms with Gasteiger partial charge < -0.3 is 5.73 Å². The molecule has 2 rings (SSSR count). The van der Waals surface area contributed by atoms with Crippen molar-refractivity contribution in [3.8, 4) is 0 Å². The van der Waals surface area contributed by atoms with Gasteiger partial charge in [-0.3, -0.25) is 5.10 Å². The van der Waals surface area contributed by atoms with Crippen LogP contribution in [-0.4, -0.2) is 30.1 Å². The van der Waals surface area contributed by atoms with Gasteiger partial charge in [0, 0.05) is 13.0 Å². The van der Waals surface area contributed by atoms with Gasteiger partial charge in [-0.05, 0) is 31.0 Å². The van der Waals surface area contributed by atoms with E-state index in [0.717, 1.165) is 11.4 Å². The third-order valence-corrected chi connectivity index (χ3v) is 4.34. The average Bonchev–Trinajstić information content (AvgIpc) is 2.87. The minimum atomic E-state index is -3.57. The number of rotatable bonds is 6. The molecule has 0 aliphatic heterocycles. The van der Waals surface area contributed by atoms with E-state index in [0.29, 0.717) is 19.4 Å².